The number of esters is 1. The number of allylic oxidation sites excluding steroid dienone is 2. The van der Waals surface area contributed by atoms with Crippen LogP contribution in [0.2, 0.25) is 0 Å². The Morgan fingerprint density at radius 1 is 0.743 bits per heavy atom. The van der Waals surface area contributed by atoms with Gasteiger partial charge in [-0.1, -0.05) is 36.9 Å². The lowest BCUT2D eigenvalue weighted by Crippen LogP contribution is -2.34. The molecule has 0 aliphatic carbocycles. The minimum absolute atomic E-state index is 0.0788. The number of aryl methyl sites for hydroxylation is 2. The third kappa shape index (κ3) is 16.0. The first-order valence-electron chi connectivity index (χ1n) is 25.1. The molecule has 74 heavy (non-hydrogen) atoms. The van der Waals surface area contributed by atoms with Crippen molar-refractivity contribution in [1.82, 2.24) is 0 Å². The van der Waals surface area contributed by atoms with Crippen LogP contribution < -0.4 is 28.9 Å². The van der Waals surface area contributed by atoms with Crippen LogP contribution >= 0.6 is 0 Å². The third-order valence-electron chi connectivity index (χ3n) is 12.5. The number of carbonyl (C=O) groups is 1. The number of rotatable bonds is 12. The van der Waals surface area contributed by atoms with Crippen molar-refractivity contribution >= 4 is 29.1 Å². The van der Waals surface area contributed by atoms with Crippen molar-refractivity contribution in [1.29, 1.82) is 10.5 Å². The predicted octanol–water partition coefficient (Wildman–Crippen LogP) is 8.18. The molecule has 1 fully saturated rings. The van der Waals surface area contributed by atoms with Gasteiger partial charge in [-0.15, -0.1) is 0 Å². The Bertz CT molecular complexity index is 2500. The standard InChI is InChI=1S/C57H70N6O11/c1-42(2)56(64)73-24-8-17-57(5)47(46(40-58)55(74-57)48(41-59)60-6)13-11-45-12-16-51(54(39-45)72-36-31-65-7)63-22-29-70-52-37-43(3)9-14-49(52)61-18-25-66-32-34-68-27-20-62(21-28-69-35-33-67-26-19-61)50-15-10-44(4)38-53(50)71-30-23-63/h9-16,37-39H,1,8,17-36H2,2-5,7H3/b13-11+,55-48-. The zero-order valence-electron chi connectivity index (χ0n) is 43.6. The number of methoxy groups -OCH3 is 1. The number of hydrogen-bond acceptors (Lipinski definition) is 16. The van der Waals surface area contributed by atoms with E-state index in [-0.39, 0.29) is 35.8 Å². The maximum Gasteiger partial charge on any atom is 0.333 e. The van der Waals surface area contributed by atoms with Crippen LogP contribution in [0, 0.1) is 43.1 Å². The molecule has 1 unspecified atom stereocenters. The SMILES string of the molecule is [C-]#[N+]/C(C#N)=C1\OC(C)(CCCOC(=O)C(=C)C)C(/C=C/c2ccc(N3CCOc4cc(C)ccc4N4CCOCCOCCN(CCOCCOCC4)c4ccc(C)cc4OCC3)c(OCCOC)c2)=C1C#N. The van der Waals surface area contributed by atoms with Crippen molar-refractivity contribution in [3.8, 4) is 29.4 Å². The highest BCUT2D eigenvalue weighted by molar-refractivity contribution is 5.86. The number of benzene rings is 3. The maximum atomic E-state index is 12.1. The van der Waals surface area contributed by atoms with Crippen LogP contribution in [0.4, 0.5) is 17.1 Å². The first kappa shape index (κ1) is 56.3. The summed E-state index contributed by atoms with van der Waals surface area (Å²) in [7, 11) is 1.62. The minimum atomic E-state index is -1.14. The van der Waals surface area contributed by atoms with Crippen LogP contribution in [0.5, 0.6) is 17.2 Å². The summed E-state index contributed by atoms with van der Waals surface area (Å²) in [6, 6.07) is 22.4. The molecule has 4 aliphatic rings. The Kier molecular flexibility index (Phi) is 22.1. The highest BCUT2D eigenvalue weighted by Gasteiger charge is 2.42. The summed E-state index contributed by atoms with van der Waals surface area (Å²) in [5.74, 6) is 1.46. The van der Waals surface area contributed by atoms with Gasteiger partial charge >= 0.3 is 11.7 Å². The minimum Gasteiger partial charge on any atom is -0.492 e. The van der Waals surface area contributed by atoms with Crippen LogP contribution in [-0.2, 0) is 38.0 Å². The molecule has 0 amide bonds. The Morgan fingerprint density at radius 2 is 1.27 bits per heavy atom. The third-order valence-corrected chi connectivity index (χ3v) is 12.5. The second kappa shape index (κ2) is 29.0. The molecular formula is C57H70N6O11. The van der Waals surface area contributed by atoms with E-state index >= 15 is 0 Å². The number of ether oxygens (including phenoxy) is 10. The summed E-state index contributed by atoms with van der Waals surface area (Å²) < 4.78 is 61.5. The molecule has 394 valence electrons. The van der Waals surface area contributed by atoms with Crippen molar-refractivity contribution in [2.75, 3.05) is 147 Å². The number of carbonyl (C=O) groups excluding carboxylic acids is 1. The van der Waals surface area contributed by atoms with Crippen LogP contribution in [-0.4, -0.2) is 144 Å². The van der Waals surface area contributed by atoms with Crippen molar-refractivity contribution < 1.29 is 52.2 Å². The maximum absolute atomic E-state index is 12.1. The molecule has 17 nitrogen and oxygen atoms in total. The summed E-state index contributed by atoms with van der Waals surface area (Å²) >= 11 is 0. The quantitative estimate of drug-likeness (QED) is 0.0425. The lowest BCUT2D eigenvalue weighted by atomic mass is 9.88. The number of anilines is 3. The number of fused-ring (bicyclic) bond motifs is 20. The van der Waals surface area contributed by atoms with Gasteiger partial charge in [0.15, 0.2) is 5.76 Å². The van der Waals surface area contributed by atoms with Crippen molar-refractivity contribution in [2.45, 2.75) is 46.1 Å². The van der Waals surface area contributed by atoms with E-state index in [1.54, 1.807) is 27.0 Å². The van der Waals surface area contributed by atoms with E-state index < -0.39 is 11.6 Å². The first-order chi connectivity index (χ1) is 36.0. The summed E-state index contributed by atoms with van der Waals surface area (Å²) in [5.41, 5.74) is 4.88. The predicted molar refractivity (Wildman–Crippen MR) is 282 cm³/mol. The molecule has 0 saturated carbocycles. The Morgan fingerprint density at radius 3 is 1.77 bits per heavy atom. The molecule has 7 rings (SSSR count). The zero-order chi connectivity index (χ0) is 52.7. The van der Waals surface area contributed by atoms with Crippen LogP contribution in [0.1, 0.15) is 43.4 Å². The molecule has 1 atom stereocenters. The number of nitrogens with zero attached hydrogens (tertiary/aromatic N) is 6. The fourth-order valence-corrected chi connectivity index (χ4v) is 8.62. The van der Waals surface area contributed by atoms with Gasteiger partial charge in [0.05, 0.1) is 114 Å². The molecule has 3 aromatic rings. The van der Waals surface area contributed by atoms with Gasteiger partial charge in [-0.2, -0.15) is 5.26 Å². The lowest BCUT2D eigenvalue weighted by molar-refractivity contribution is -0.139. The highest BCUT2D eigenvalue weighted by atomic mass is 16.5. The van der Waals surface area contributed by atoms with Gasteiger partial charge in [0.25, 0.3) is 0 Å². The van der Waals surface area contributed by atoms with Gasteiger partial charge in [0, 0.05) is 44.4 Å². The highest BCUT2D eigenvalue weighted by Crippen LogP contribution is 2.44. The lowest BCUT2D eigenvalue weighted by Gasteiger charge is -2.30. The largest absolute Gasteiger partial charge is 0.492 e. The molecule has 0 aromatic heterocycles. The van der Waals surface area contributed by atoms with Gasteiger partial charge in [0.2, 0.25) is 0 Å². The van der Waals surface area contributed by atoms with Crippen molar-refractivity contribution in [3.05, 3.63) is 124 Å². The molecule has 0 spiro atoms. The molecule has 1 saturated heterocycles. The molecule has 0 radical (unpaired) electrons. The van der Waals surface area contributed by atoms with E-state index in [1.807, 2.05) is 44.2 Å². The van der Waals surface area contributed by atoms with Crippen LogP contribution in [0.3, 0.4) is 0 Å². The summed E-state index contributed by atoms with van der Waals surface area (Å²) in [6.07, 6.45) is 4.29. The van der Waals surface area contributed by atoms with Gasteiger partial charge in [-0.05, 0) is 93.6 Å². The molecular weight excluding hydrogens is 945 g/mol. The van der Waals surface area contributed by atoms with Crippen LogP contribution in [0.15, 0.2) is 95.4 Å². The smallest absolute Gasteiger partial charge is 0.333 e. The van der Waals surface area contributed by atoms with E-state index in [1.165, 1.54) is 0 Å². The zero-order valence-corrected chi connectivity index (χ0v) is 43.6. The fraction of sp³-hybridized carbons (Fsp3) is 0.474. The second-order valence-corrected chi connectivity index (χ2v) is 18.1. The average molecular weight is 1020 g/mol. The van der Waals surface area contributed by atoms with Crippen molar-refractivity contribution in [3.63, 3.8) is 0 Å². The van der Waals surface area contributed by atoms with E-state index in [9.17, 15) is 15.3 Å². The Balaban J connectivity index is 1.38. The van der Waals surface area contributed by atoms with E-state index in [0.717, 1.165) is 45.3 Å². The van der Waals surface area contributed by atoms with Gasteiger partial charge in [-0.25, -0.2) is 14.9 Å². The monoisotopic (exact) mass is 1010 g/mol. The van der Waals surface area contributed by atoms with Crippen LogP contribution in [0.25, 0.3) is 10.9 Å². The normalized spacial score (nSPS) is 19.4. The molecule has 2 bridgehead atoms. The second-order valence-electron chi connectivity index (χ2n) is 18.1. The van der Waals surface area contributed by atoms with E-state index in [4.69, 9.17) is 53.9 Å². The number of hydrogen-bond donors (Lipinski definition) is 0. The summed E-state index contributed by atoms with van der Waals surface area (Å²) in [5, 5.41) is 20.3. The molecule has 3 aromatic carbocycles. The van der Waals surface area contributed by atoms with Gasteiger partial charge < -0.3 is 62.1 Å². The van der Waals surface area contributed by atoms with E-state index in [0.29, 0.717) is 136 Å². The fourth-order valence-electron chi connectivity index (χ4n) is 8.62. The van der Waals surface area contributed by atoms with E-state index in [2.05, 4.69) is 68.6 Å². The van der Waals surface area contributed by atoms with Gasteiger partial charge in [-0.3, -0.25) is 0 Å². The molecule has 17 heteroatoms. The average Bonchev–Trinajstić information content (AvgIpc) is 3.67. The Hall–Kier alpha value is -7.04. The Labute approximate surface area is 436 Å². The molecule has 0 N–H and O–H groups in total. The summed E-state index contributed by atoms with van der Waals surface area (Å²) in [6.45, 7) is 27.2. The summed E-state index contributed by atoms with van der Waals surface area (Å²) in [4.78, 5) is 22.1. The molecule has 4 heterocycles. The van der Waals surface area contributed by atoms with Crippen molar-refractivity contribution in [2.24, 2.45) is 0 Å². The topological polar surface area (TPSA) is 171 Å². The first-order valence-corrected chi connectivity index (χ1v) is 25.1. The van der Waals surface area contributed by atoms with Gasteiger partial charge in [0.1, 0.15) is 48.7 Å². The molecule has 4 aliphatic heterocycles. The number of nitriles is 2.